The summed E-state index contributed by atoms with van der Waals surface area (Å²) in [5, 5.41) is 3.33. The van der Waals surface area contributed by atoms with Gasteiger partial charge in [0.1, 0.15) is 0 Å². The molecule has 0 bridgehead atoms. The van der Waals surface area contributed by atoms with Crippen molar-refractivity contribution in [3.63, 3.8) is 0 Å². The fourth-order valence-electron chi connectivity index (χ4n) is 3.73. The average molecular weight is 398 g/mol. The van der Waals surface area contributed by atoms with E-state index in [1.54, 1.807) is 14.2 Å². The van der Waals surface area contributed by atoms with Crippen molar-refractivity contribution < 1.29 is 23.7 Å². The first-order chi connectivity index (χ1) is 14.2. The Morgan fingerprint density at radius 3 is 2.62 bits per heavy atom. The minimum Gasteiger partial charge on any atom is -0.493 e. The molecule has 2 aromatic rings. The van der Waals surface area contributed by atoms with Crippen LogP contribution in [-0.2, 0) is 24.3 Å². The van der Waals surface area contributed by atoms with Crippen molar-refractivity contribution in [2.45, 2.75) is 25.9 Å². The van der Waals surface area contributed by atoms with Gasteiger partial charge >= 0.3 is 0 Å². The normalized spacial score (nSPS) is 14.5. The molecule has 7 nitrogen and oxygen atoms in total. The highest BCUT2D eigenvalue weighted by atomic mass is 16.7. The lowest BCUT2D eigenvalue weighted by Gasteiger charge is -2.29. The van der Waals surface area contributed by atoms with Crippen LogP contribution < -0.4 is 24.3 Å². The van der Waals surface area contributed by atoms with Crippen LogP contribution in [0.3, 0.4) is 0 Å². The van der Waals surface area contributed by atoms with Crippen molar-refractivity contribution in [2.75, 3.05) is 34.1 Å². The molecule has 0 spiro atoms. The Balaban J connectivity index is 1.27. The number of methoxy groups -OCH3 is 2. The molecule has 2 heterocycles. The summed E-state index contributed by atoms with van der Waals surface area (Å²) in [5.74, 6) is 3.15. The van der Waals surface area contributed by atoms with E-state index in [1.807, 2.05) is 35.2 Å². The van der Waals surface area contributed by atoms with Gasteiger partial charge in [0.2, 0.25) is 12.7 Å². The molecule has 7 heteroatoms. The highest BCUT2D eigenvalue weighted by Gasteiger charge is 2.22. The number of amides is 1. The Bertz CT molecular complexity index is 899. The Morgan fingerprint density at radius 2 is 1.83 bits per heavy atom. The predicted octanol–water partition coefficient (Wildman–Crippen LogP) is 2.50. The van der Waals surface area contributed by atoms with Gasteiger partial charge in [-0.2, -0.15) is 0 Å². The number of rotatable bonds is 7. The van der Waals surface area contributed by atoms with E-state index in [9.17, 15) is 4.79 Å². The van der Waals surface area contributed by atoms with Crippen LogP contribution in [-0.4, -0.2) is 44.9 Å². The minimum atomic E-state index is 0.156. The number of nitrogens with zero attached hydrogens (tertiary/aromatic N) is 1. The van der Waals surface area contributed by atoms with Crippen LogP contribution in [0.4, 0.5) is 0 Å². The number of hydrogen-bond acceptors (Lipinski definition) is 6. The first kappa shape index (κ1) is 19.4. The number of ether oxygens (including phenoxy) is 4. The molecule has 2 aliphatic heterocycles. The third-order valence-corrected chi connectivity index (χ3v) is 5.35. The monoisotopic (exact) mass is 398 g/mol. The summed E-state index contributed by atoms with van der Waals surface area (Å²) in [5.41, 5.74) is 3.44. The smallest absolute Gasteiger partial charge is 0.231 e. The molecule has 0 radical (unpaired) electrons. The molecule has 0 saturated heterocycles. The summed E-state index contributed by atoms with van der Waals surface area (Å²) in [6.45, 7) is 2.92. The van der Waals surface area contributed by atoms with Gasteiger partial charge in [-0.25, -0.2) is 0 Å². The quantitative estimate of drug-likeness (QED) is 0.723. The lowest BCUT2D eigenvalue weighted by molar-refractivity contribution is -0.132. The predicted molar refractivity (Wildman–Crippen MR) is 108 cm³/mol. The van der Waals surface area contributed by atoms with E-state index in [4.69, 9.17) is 18.9 Å². The Labute approximate surface area is 170 Å². The number of nitrogens with one attached hydrogen (secondary N) is 1. The van der Waals surface area contributed by atoms with Crippen molar-refractivity contribution >= 4 is 5.91 Å². The summed E-state index contributed by atoms with van der Waals surface area (Å²) in [7, 11) is 3.27. The van der Waals surface area contributed by atoms with E-state index in [0.717, 1.165) is 41.3 Å². The lowest BCUT2D eigenvalue weighted by Crippen LogP contribution is -2.37. The van der Waals surface area contributed by atoms with Crippen LogP contribution in [0.25, 0.3) is 0 Å². The highest BCUT2D eigenvalue weighted by Crippen LogP contribution is 2.34. The topological polar surface area (TPSA) is 69.3 Å². The summed E-state index contributed by atoms with van der Waals surface area (Å²) < 4.78 is 21.5. The molecule has 0 aromatic heterocycles. The molecule has 1 N–H and O–H groups in total. The largest absolute Gasteiger partial charge is 0.493 e. The molecule has 0 atom stereocenters. The maximum atomic E-state index is 12.6. The number of benzene rings is 2. The molecule has 2 aromatic carbocycles. The van der Waals surface area contributed by atoms with Crippen molar-refractivity contribution in [3.8, 4) is 23.0 Å². The van der Waals surface area contributed by atoms with E-state index in [2.05, 4.69) is 5.32 Å². The first-order valence-electron chi connectivity index (χ1n) is 9.78. The van der Waals surface area contributed by atoms with Crippen LogP contribution in [0.5, 0.6) is 23.0 Å². The van der Waals surface area contributed by atoms with Gasteiger partial charge in [0.05, 0.1) is 14.2 Å². The molecule has 4 rings (SSSR count). The zero-order chi connectivity index (χ0) is 20.2. The van der Waals surface area contributed by atoms with E-state index in [1.165, 1.54) is 5.56 Å². The van der Waals surface area contributed by atoms with Gasteiger partial charge in [-0.05, 0) is 47.4 Å². The fraction of sp³-hybridized carbons (Fsp3) is 0.409. The van der Waals surface area contributed by atoms with Crippen molar-refractivity contribution in [3.05, 3.63) is 47.0 Å². The van der Waals surface area contributed by atoms with Gasteiger partial charge in [0, 0.05) is 32.6 Å². The van der Waals surface area contributed by atoms with Gasteiger partial charge in [-0.1, -0.05) is 6.07 Å². The van der Waals surface area contributed by atoms with Crippen molar-refractivity contribution in [1.29, 1.82) is 0 Å². The molecule has 0 saturated carbocycles. The summed E-state index contributed by atoms with van der Waals surface area (Å²) >= 11 is 0. The zero-order valence-corrected chi connectivity index (χ0v) is 16.8. The molecule has 0 unspecified atom stereocenters. The summed E-state index contributed by atoms with van der Waals surface area (Å²) in [4.78, 5) is 14.6. The fourth-order valence-corrected chi connectivity index (χ4v) is 3.73. The van der Waals surface area contributed by atoms with Gasteiger partial charge in [0.15, 0.2) is 23.0 Å². The number of carbonyl (C=O) groups is 1. The number of fused-ring (bicyclic) bond motifs is 2. The lowest BCUT2D eigenvalue weighted by atomic mass is 9.98. The van der Waals surface area contributed by atoms with E-state index >= 15 is 0 Å². The SMILES string of the molecule is COc1cc2c(cc1OC)CN(C(=O)CCNCc1ccc3c(c1)OCO3)CC2. The van der Waals surface area contributed by atoms with Crippen LogP contribution in [0.1, 0.15) is 23.1 Å². The van der Waals surface area contributed by atoms with Crippen LogP contribution in [0, 0.1) is 0 Å². The van der Waals surface area contributed by atoms with E-state index in [-0.39, 0.29) is 12.7 Å². The Kier molecular flexibility index (Phi) is 5.76. The van der Waals surface area contributed by atoms with Gasteiger partial charge in [0.25, 0.3) is 0 Å². The molecule has 154 valence electrons. The van der Waals surface area contributed by atoms with Crippen molar-refractivity contribution in [2.24, 2.45) is 0 Å². The van der Waals surface area contributed by atoms with E-state index in [0.29, 0.717) is 31.8 Å². The summed E-state index contributed by atoms with van der Waals surface area (Å²) in [6.07, 6.45) is 1.29. The highest BCUT2D eigenvalue weighted by molar-refractivity contribution is 5.76. The second-order valence-electron chi connectivity index (χ2n) is 7.16. The number of hydrogen-bond donors (Lipinski definition) is 1. The standard InChI is InChI=1S/C22H26N2O5/c1-26-19-10-16-6-8-24(13-17(16)11-20(19)27-2)22(25)5-7-23-12-15-3-4-18-21(9-15)29-14-28-18/h3-4,9-11,23H,5-8,12-14H2,1-2H3. The third kappa shape index (κ3) is 4.24. The van der Waals surface area contributed by atoms with Crippen LogP contribution >= 0.6 is 0 Å². The van der Waals surface area contributed by atoms with Crippen molar-refractivity contribution in [1.82, 2.24) is 10.2 Å². The van der Waals surface area contributed by atoms with Gasteiger partial charge < -0.3 is 29.2 Å². The van der Waals surface area contributed by atoms with E-state index < -0.39 is 0 Å². The molecular formula is C22H26N2O5. The van der Waals surface area contributed by atoms with Gasteiger partial charge in [-0.3, -0.25) is 4.79 Å². The Morgan fingerprint density at radius 1 is 1.07 bits per heavy atom. The second kappa shape index (κ2) is 8.61. The zero-order valence-electron chi connectivity index (χ0n) is 16.8. The van der Waals surface area contributed by atoms with Crippen LogP contribution in [0.2, 0.25) is 0 Å². The molecule has 0 fully saturated rings. The van der Waals surface area contributed by atoms with Crippen LogP contribution in [0.15, 0.2) is 30.3 Å². The molecule has 0 aliphatic carbocycles. The molecular weight excluding hydrogens is 372 g/mol. The maximum absolute atomic E-state index is 12.6. The second-order valence-corrected chi connectivity index (χ2v) is 7.16. The maximum Gasteiger partial charge on any atom is 0.231 e. The average Bonchev–Trinajstić information content (AvgIpc) is 3.23. The summed E-state index contributed by atoms with van der Waals surface area (Å²) in [6, 6.07) is 9.89. The minimum absolute atomic E-state index is 0.156. The first-order valence-corrected chi connectivity index (χ1v) is 9.78. The number of carbonyl (C=O) groups excluding carboxylic acids is 1. The molecule has 2 aliphatic rings. The Hall–Kier alpha value is -2.93. The molecule has 29 heavy (non-hydrogen) atoms. The third-order valence-electron chi connectivity index (χ3n) is 5.35. The molecule has 1 amide bonds. The van der Waals surface area contributed by atoms with Gasteiger partial charge in [-0.15, -0.1) is 0 Å².